The van der Waals surface area contributed by atoms with Crippen molar-refractivity contribution in [3.63, 3.8) is 0 Å². The SMILES string of the molecule is CN(C)c1ccc(NCc2cc(Br)cs2)cc1Cl. The average molecular weight is 346 g/mol. The summed E-state index contributed by atoms with van der Waals surface area (Å²) in [7, 11) is 3.97. The van der Waals surface area contributed by atoms with Crippen LogP contribution in [0.1, 0.15) is 4.88 Å². The predicted octanol–water partition coefficient (Wildman–Crippen LogP) is 4.84. The van der Waals surface area contributed by atoms with E-state index in [1.165, 1.54) is 4.88 Å². The summed E-state index contributed by atoms with van der Waals surface area (Å²) in [6.07, 6.45) is 0. The fourth-order valence-electron chi connectivity index (χ4n) is 1.62. The topological polar surface area (TPSA) is 15.3 Å². The Morgan fingerprint density at radius 2 is 2.11 bits per heavy atom. The van der Waals surface area contributed by atoms with E-state index in [0.29, 0.717) is 0 Å². The minimum atomic E-state index is 0.761. The molecule has 1 heterocycles. The Kier molecular flexibility index (Phi) is 4.54. The largest absolute Gasteiger partial charge is 0.380 e. The molecule has 0 unspecified atom stereocenters. The van der Waals surface area contributed by atoms with E-state index in [4.69, 9.17) is 11.6 Å². The molecule has 0 fully saturated rings. The molecule has 2 rings (SSSR count). The molecule has 2 aromatic rings. The van der Waals surface area contributed by atoms with Crippen molar-refractivity contribution in [1.29, 1.82) is 0 Å². The average Bonchev–Trinajstić information content (AvgIpc) is 2.72. The lowest BCUT2D eigenvalue weighted by molar-refractivity contribution is 1.13. The van der Waals surface area contributed by atoms with Gasteiger partial charge in [0.15, 0.2) is 0 Å². The molecule has 0 atom stereocenters. The maximum atomic E-state index is 6.22. The summed E-state index contributed by atoms with van der Waals surface area (Å²) in [6, 6.07) is 8.14. The normalized spacial score (nSPS) is 10.4. The van der Waals surface area contributed by atoms with Gasteiger partial charge in [-0.3, -0.25) is 0 Å². The third-order valence-corrected chi connectivity index (χ3v) is 4.52. The third kappa shape index (κ3) is 3.40. The van der Waals surface area contributed by atoms with Crippen LogP contribution in [0.3, 0.4) is 0 Å². The zero-order valence-corrected chi connectivity index (χ0v) is 13.4. The molecule has 2 nitrogen and oxygen atoms in total. The molecule has 1 aromatic carbocycles. The zero-order valence-electron chi connectivity index (χ0n) is 10.2. The van der Waals surface area contributed by atoms with Crippen molar-refractivity contribution in [1.82, 2.24) is 0 Å². The molecule has 0 radical (unpaired) electrons. The Bertz CT molecular complexity index is 540. The van der Waals surface area contributed by atoms with Crippen molar-refractivity contribution in [3.8, 4) is 0 Å². The number of benzene rings is 1. The minimum Gasteiger partial charge on any atom is -0.380 e. The molecule has 0 spiro atoms. The van der Waals surface area contributed by atoms with E-state index in [1.807, 2.05) is 37.2 Å². The van der Waals surface area contributed by atoms with Crippen LogP contribution in [-0.2, 0) is 6.54 Å². The number of anilines is 2. The van der Waals surface area contributed by atoms with Gasteiger partial charge in [0.25, 0.3) is 0 Å². The summed E-state index contributed by atoms with van der Waals surface area (Å²) in [5, 5.41) is 6.21. The maximum Gasteiger partial charge on any atom is 0.0659 e. The van der Waals surface area contributed by atoms with Crippen molar-refractivity contribution in [3.05, 3.63) is 44.0 Å². The lowest BCUT2D eigenvalue weighted by Gasteiger charge is -2.15. The number of nitrogens with zero attached hydrogens (tertiary/aromatic N) is 1. The van der Waals surface area contributed by atoms with E-state index in [0.717, 1.165) is 27.4 Å². The van der Waals surface area contributed by atoms with Gasteiger partial charge in [-0.2, -0.15) is 0 Å². The molecule has 0 saturated carbocycles. The molecule has 1 N–H and O–H groups in total. The van der Waals surface area contributed by atoms with Gasteiger partial charge in [0.05, 0.1) is 10.7 Å². The summed E-state index contributed by atoms with van der Waals surface area (Å²) < 4.78 is 1.13. The van der Waals surface area contributed by atoms with E-state index in [1.54, 1.807) is 11.3 Å². The van der Waals surface area contributed by atoms with Crippen LogP contribution in [0.5, 0.6) is 0 Å². The monoisotopic (exact) mass is 344 g/mol. The number of nitrogens with one attached hydrogen (secondary N) is 1. The lowest BCUT2D eigenvalue weighted by Crippen LogP contribution is -2.09. The second-order valence-corrected chi connectivity index (χ2v) is 6.46. The van der Waals surface area contributed by atoms with E-state index in [-0.39, 0.29) is 0 Å². The van der Waals surface area contributed by atoms with E-state index >= 15 is 0 Å². The fraction of sp³-hybridized carbons (Fsp3) is 0.231. The highest BCUT2D eigenvalue weighted by Crippen LogP contribution is 2.28. The Morgan fingerprint density at radius 3 is 2.67 bits per heavy atom. The predicted molar refractivity (Wildman–Crippen MR) is 85.1 cm³/mol. The molecule has 0 aliphatic carbocycles. The van der Waals surface area contributed by atoms with Crippen molar-refractivity contribution >= 4 is 50.2 Å². The minimum absolute atomic E-state index is 0.761. The fourth-order valence-corrected chi connectivity index (χ4v) is 3.36. The molecule has 18 heavy (non-hydrogen) atoms. The summed E-state index contributed by atoms with van der Waals surface area (Å²) in [5.74, 6) is 0. The number of halogens is 2. The lowest BCUT2D eigenvalue weighted by atomic mass is 10.2. The van der Waals surface area contributed by atoms with Gasteiger partial charge in [-0.25, -0.2) is 0 Å². The van der Waals surface area contributed by atoms with Crippen molar-refractivity contribution in [2.75, 3.05) is 24.3 Å². The Morgan fingerprint density at radius 1 is 1.33 bits per heavy atom. The smallest absolute Gasteiger partial charge is 0.0659 e. The highest BCUT2D eigenvalue weighted by molar-refractivity contribution is 9.10. The summed E-state index contributed by atoms with van der Waals surface area (Å²) in [5.41, 5.74) is 2.07. The first kappa shape index (κ1) is 13.7. The van der Waals surface area contributed by atoms with Gasteiger partial charge in [-0.1, -0.05) is 11.6 Å². The van der Waals surface area contributed by atoms with Crippen LogP contribution in [0.25, 0.3) is 0 Å². The molecule has 0 amide bonds. The van der Waals surface area contributed by atoms with Crippen LogP contribution >= 0.6 is 38.9 Å². The van der Waals surface area contributed by atoms with Crippen molar-refractivity contribution < 1.29 is 0 Å². The second-order valence-electron chi connectivity index (χ2n) is 4.15. The maximum absolute atomic E-state index is 6.22. The van der Waals surface area contributed by atoms with Crippen LogP contribution < -0.4 is 10.2 Å². The Labute approximate surface area is 125 Å². The standard InChI is InChI=1S/C13H14BrClN2S/c1-17(2)13-4-3-10(6-12(13)15)16-7-11-5-9(14)8-18-11/h3-6,8,16H,7H2,1-2H3. The van der Waals surface area contributed by atoms with Crippen LogP contribution in [0.15, 0.2) is 34.1 Å². The quantitative estimate of drug-likeness (QED) is 0.852. The molecule has 1 aromatic heterocycles. The van der Waals surface area contributed by atoms with Crippen molar-refractivity contribution in [2.24, 2.45) is 0 Å². The van der Waals surface area contributed by atoms with Gasteiger partial charge >= 0.3 is 0 Å². The summed E-state index contributed by atoms with van der Waals surface area (Å²) in [6.45, 7) is 0.813. The van der Waals surface area contributed by atoms with Crippen LogP contribution in [-0.4, -0.2) is 14.1 Å². The zero-order chi connectivity index (χ0) is 13.1. The molecule has 96 valence electrons. The van der Waals surface area contributed by atoms with E-state index in [9.17, 15) is 0 Å². The molecule has 0 aliphatic heterocycles. The summed E-state index contributed by atoms with van der Waals surface area (Å²) >= 11 is 11.4. The third-order valence-electron chi connectivity index (χ3n) is 2.52. The van der Waals surface area contributed by atoms with Crippen LogP contribution in [0, 0.1) is 0 Å². The van der Waals surface area contributed by atoms with Gasteiger partial charge in [-0.15, -0.1) is 11.3 Å². The Balaban J connectivity index is 2.04. The summed E-state index contributed by atoms with van der Waals surface area (Å²) in [4.78, 5) is 3.29. The highest BCUT2D eigenvalue weighted by Gasteiger charge is 2.04. The first-order valence-corrected chi connectivity index (χ1v) is 7.55. The van der Waals surface area contributed by atoms with Crippen LogP contribution in [0.4, 0.5) is 11.4 Å². The first-order chi connectivity index (χ1) is 8.56. The van der Waals surface area contributed by atoms with Gasteiger partial charge in [-0.05, 0) is 40.2 Å². The molecule has 0 saturated heterocycles. The molecular weight excluding hydrogens is 332 g/mol. The Hall–Kier alpha value is -0.710. The number of thiophene rings is 1. The number of hydrogen-bond donors (Lipinski definition) is 1. The number of rotatable bonds is 4. The molecule has 0 bridgehead atoms. The number of hydrogen-bond acceptors (Lipinski definition) is 3. The highest BCUT2D eigenvalue weighted by atomic mass is 79.9. The molecule has 0 aliphatic rings. The van der Waals surface area contributed by atoms with Gasteiger partial charge in [0.1, 0.15) is 0 Å². The van der Waals surface area contributed by atoms with E-state index < -0.39 is 0 Å². The van der Waals surface area contributed by atoms with E-state index in [2.05, 4.69) is 32.7 Å². The van der Waals surface area contributed by atoms with Gasteiger partial charge in [0.2, 0.25) is 0 Å². The molecule has 5 heteroatoms. The first-order valence-electron chi connectivity index (χ1n) is 5.50. The van der Waals surface area contributed by atoms with Crippen LogP contribution in [0.2, 0.25) is 5.02 Å². The molecular formula is C13H14BrClN2S. The van der Waals surface area contributed by atoms with Gasteiger partial charge in [0, 0.05) is 41.1 Å². The van der Waals surface area contributed by atoms with Crippen molar-refractivity contribution in [2.45, 2.75) is 6.54 Å². The van der Waals surface area contributed by atoms with Gasteiger partial charge < -0.3 is 10.2 Å². The second kappa shape index (κ2) is 5.95.